The molecule has 1 amide bonds. The van der Waals surface area contributed by atoms with Crippen molar-refractivity contribution in [1.82, 2.24) is 20.2 Å². The lowest BCUT2D eigenvalue weighted by molar-refractivity contribution is -0.148. The molecule has 1 aromatic carbocycles. The third-order valence-electron chi connectivity index (χ3n) is 3.09. The van der Waals surface area contributed by atoms with Gasteiger partial charge in [-0.3, -0.25) is 4.79 Å². The predicted octanol–water partition coefficient (Wildman–Crippen LogP) is 1.86. The zero-order chi connectivity index (χ0) is 18.5. The summed E-state index contributed by atoms with van der Waals surface area (Å²) in [6, 6.07) is 4.95. The monoisotopic (exact) mass is 379 g/mol. The number of anilines is 1. The first-order valence-electron chi connectivity index (χ1n) is 7.23. The molecule has 0 atom stereocenters. The number of tetrazole rings is 1. The lowest BCUT2D eigenvalue weighted by Gasteiger charge is -2.08. The number of amides is 1. The first kappa shape index (κ1) is 17.6. The minimum absolute atomic E-state index is 0.354. The first-order chi connectivity index (χ1) is 12.5. The van der Waals surface area contributed by atoms with Crippen LogP contribution in [-0.4, -0.2) is 38.7 Å². The molecule has 26 heavy (non-hydrogen) atoms. The third kappa shape index (κ3) is 4.25. The highest BCUT2D eigenvalue weighted by Crippen LogP contribution is 2.18. The van der Waals surface area contributed by atoms with Crippen LogP contribution in [-0.2, 0) is 20.9 Å². The van der Waals surface area contributed by atoms with Crippen molar-refractivity contribution in [2.75, 3.05) is 11.9 Å². The molecule has 0 aliphatic rings. The van der Waals surface area contributed by atoms with Crippen LogP contribution in [0.5, 0.6) is 0 Å². The Morgan fingerprint density at radius 2 is 2.00 bits per heavy atom. The maximum atomic E-state index is 13.4. The lowest BCUT2D eigenvalue weighted by atomic mass is 10.3. The quantitative estimate of drug-likeness (QED) is 0.657. The van der Waals surface area contributed by atoms with Gasteiger partial charge in [-0.25, -0.2) is 13.6 Å². The SMILES string of the molecule is O=C(COC(=O)Cn1nnc(-c2ccsc2)n1)Nc1c(F)cccc1F. The number of carbonyl (C=O) groups excluding carboxylic acids is 2. The van der Waals surface area contributed by atoms with Gasteiger partial charge in [0.1, 0.15) is 17.3 Å². The summed E-state index contributed by atoms with van der Waals surface area (Å²) in [7, 11) is 0. The number of halogens is 2. The van der Waals surface area contributed by atoms with E-state index in [0.717, 1.165) is 28.6 Å². The van der Waals surface area contributed by atoms with E-state index in [1.807, 2.05) is 16.1 Å². The number of thiophene rings is 1. The minimum atomic E-state index is -0.933. The second-order valence-corrected chi connectivity index (χ2v) is 5.74. The summed E-state index contributed by atoms with van der Waals surface area (Å²) in [4.78, 5) is 24.4. The van der Waals surface area contributed by atoms with Crippen LogP contribution in [0.25, 0.3) is 11.4 Å². The Bertz CT molecular complexity index is 909. The standard InChI is InChI=1S/C15H11F2N5O3S/c16-10-2-1-3-11(17)14(10)18-12(23)7-25-13(24)6-22-20-15(19-21-22)9-4-5-26-8-9/h1-5,8H,6-7H2,(H,18,23). The number of hydrogen-bond acceptors (Lipinski definition) is 7. The van der Waals surface area contributed by atoms with E-state index in [-0.39, 0.29) is 6.54 Å². The maximum Gasteiger partial charge on any atom is 0.330 e. The highest BCUT2D eigenvalue weighted by molar-refractivity contribution is 7.08. The van der Waals surface area contributed by atoms with Gasteiger partial charge in [-0.15, -0.1) is 10.2 Å². The Labute approximate surface area is 149 Å². The van der Waals surface area contributed by atoms with Crippen LogP contribution < -0.4 is 5.32 Å². The molecule has 2 aromatic heterocycles. The summed E-state index contributed by atoms with van der Waals surface area (Å²) < 4.78 is 31.6. The molecule has 3 aromatic rings. The molecule has 0 saturated heterocycles. The lowest BCUT2D eigenvalue weighted by Crippen LogP contribution is -2.24. The summed E-state index contributed by atoms with van der Waals surface area (Å²) in [5.74, 6) is -3.20. The molecule has 134 valence electrons. The highest BCUT2D eigenvalue weighted by atomic mass is 32.1. The van der Waals surface area contributed by atoms with Gasteiger partial charge in [0.25, 0.3) is 5.91 Å². The van der Waals surface area contributed by atoms with Gasteiger partial charge in [0.15, 0.2) is 13.2 Å². The van der Waals surface area contributed by atoms with Crippen molar-refractivity contribution in [2.45, 2.75) is 6.54 Å². The molecule has 0 fully saturated rings. The average molecular weight is 379 g/mol. The van der Waals surface area contributed by atoms with E-state index < -0.39 is 35.8 Å². The zero-order valence-electron chi connectivity index (χ0n) is 13.1. The van der Waals surface area contributed by atoms with Crippen LogP contribution in [0, 0.1) is 11.6 Å². The van der Waals surface area contributed by atoms with Gasteiger partial charge in [-0.2, -0.15) is 16.1 Å². The fourth-order valence-electron chi connectivity index (χ4n) is 1.92. The van der Waals surface area contributed by atoms with Crippen LogP contribution in [0.1, 0.15) is 0 Å². The Morgan fingerprint density at radius 3 is 2.69 bits per heavy atom. The Kier molecular flexibility index (Phi) is 5.27. The molecular weight excluding hydrogens is 368 g/mol. The van der Waals surface area contributed by atoms with E-state index in [1.54, 1.807) is 6.07 Å². The predicted molar refractivity (Wildman–Crippen MR) is 87.1 cm³/mol. The van der Waals surface area contributed by atoms with Gasteiger partial charge in [0.2, 0.25) is 5.82 Å². The van der Waals surface area contributed by atoms with Gasteiger partial charge in [0, 0.05) is 10.9 Å². The molecule has 1 N–H and O–H groups in total. The van der Waals surface area contributed by atoms with Crippen molar-refractivity contribution in [2.24, 2.45) is 0 Å². The molecule has 0 saturated carbocycles. The summed E-state index contributed by atoms with van der Waals surface area (Å²) in [6.07, 6.45) is 0. The number of benzene rings is 1. The first-order valence-corrected chi connectivity index (χ1v) is 8.17. The van der Waals surface area contributed by atoms with Gasteiger partial charge in [-0.05, 0) is 28.8 Å². The second kappa shape index (κ2) is 7.78. The van der Waals surface area contributed by atoms with Gasteiger partial charge < -0.3 is 10.1 Å². The van der Waals surface area contributed by atoms with E-state index in [1.165, 1.54) is 11.3 Å². The summed E-state index contributed by atoms with van der Waals surface area (Å²) in [5.41, 5.74) is 0.160. The van der Waals surface area contributed by atoms with Gasteiger partial charge in [0.05, 0.1) is 0 Å². The summed E-state index contributed by atoms with van der Waals surface area (Å²) in [5, 5.41) is 17.2. The maximum absolute atomic E-state index is 13.4. The number of carbonyl (C=O) groups is 2. The minimum Gasteiger partial charge on any atom is -0.454 e. The topological polar surface area (TPSA) is 99.0 Å². The smallest absolute Gasteiger partial charge is 0.330 e. The largest absolute Gasteiger partial charge is 0.454 e. The number of ether oxygens (including phenoxy) is 1. The average Bonchev–Trinajstić information content (AvgIpc) is 3.28. The molecule has 0 radical (unpaired) electrons. The van der Waals surface area contributed by atoms with Crippen LogP contribution in [0.3, 0.4) is 0 Å². The summed E-state index contributed by atoms with van der Waals surface area (Å²) >= 11 is 1.47. The number of hydrogen-bond donors (Lipinski definition) is 1. The fourth-order valence-corrected chi connectivity index (χ4v) is 2.55. The molecule has 0 bridgehead atoms. The van der Waals surface area contributed by atoms with Crippen molar-refractivity contribution in [3.8, 4) is 11.4 Å². The van der Waals surface area contributed by atoms with Crippen LogP contribution in [0.15, 0.2) is 35.0 Å². The van der Waals surface area contributed by atoms with Crippen molar-refractivity contribution < 1.29 is 23.1 Å². The van der Waals surface area contributed by atoms with Crippen molar-refractivity contribution >= 4 is 28.9 Å². The molecule has 8 nitrogen and oxygen atoms in total. The van der Waals surface area contributed by atoms with E-state index in [0.29, 0.717) is 5.82 Å². The number of nitrogens with one attached hydrogen (secondary N) is 1. The Balaban J connectivity index is 1.50. The molecule has 3 rings (SSSR count). The number of rotatable bonds is 6. The Morgan fingerprint density at radius 1 is 1.23 bits per heavy atom. The van der Waals surface area contributed by atoms with E-state index >= 15 is 0 Å². The molecule has 11 heteroatoms. The molecule has 0 spiro atoms. The van der Waals surface area contributed by atoms with Gasteiger partial charge in [-0.1, -0.05) is 6.07 Å². The molecule has 0 unspecified atom stereocenters. The third-order valence-corrected chi connectivity index (χ3v) is 3.78. The van der Waals surface area contributed by atoms with Gasteiger partial charge >= 0.3 is 5.97 Å². The van der Waals surface area contributed by atoms with Crippen molar-refractivity contribution in [3.05, 3.63) is 46.7 Å². The molecule has 2 heterocycles. The fraction of sp³-hybridized carbons (Fsp3) is 0.133. The van der Waals surface area contributed by atoms with Crippen molar-refractivity contribution in [3.63, 3.8) is 0 Å². The Hall–Kier alpha value is -3.21. The molecule has 0 aliphatic heterocycles. The van der Waals surface area contributed by atoms with Crippen LogP contribution in [0.2, 0.25) is 0 Å². The molecular formula is C15H11F2N5O3S. The number of nitrogens with zero attached hydrogens (tertiary/aromatic N) is 4. The van der Waals surface area contributed by atoms with E-state index in [2.05, 4.69) is 15.4 Å². The van der Waals surface area contributed by atoms with E-state index in [9.17, 15) is 18.4 Å². The molecule has 0 aliphatic carbocycles. The second-order valence-electron chi connectivity index (χ2n) is 4.96. The van der Waals surface area contributed by atoms with Crippen molar-refractivity contribution in [1.29, 1.82) is 0 Å². The highest BCUT2D eigenvalue weighted by Gasteiger charge is 2.15. The number of para-hydroxylation sites is 1. The van der Waals surface area contributed by atoms with E-state index in [4.69, 9.17) is 4.74 Å². The number of aromatic nitrogens is 4. The van der Waals surface area contributed by atoms with Crippen LogP contribution >= 0.6 is 11.3 Å². The number of esters is 1. The normalized spacial score (nSPS) is 10.5. The zero-order valence-corrected chi connectivity index (χ0v) is 13.9. The summed E-state index contributed by atoms with van der Waals surface area (Å²) in [6.45, 7) is -1.07. The van der Waals surface area contributed by atoms with Crippen LogP contribution in [0.4, 0.5) is 14.5 Å².